The average molecular weight is 475 g/mol. The van der Waals surface area contributed by atoms with E-state index in [1.165, 1.54) is 67.5 Å². The van der Waals surface area contributed by atoms with Gasteiger partial charge in [0.1, 0.15) is 5.75 Å². The Kier molecular flexibility index (Phi) is 7.98. The van der Waals surface area contributed by atoms with E-state index in [0.29, 0.717) is 11.5 Å². The highest BCUT2D eigenvalue weighted by Gasteiger charge is 2.30. The van der Waals surface area contributed by atoms with Crippen molar-refractivity contribution in [3.8, 4) is 28.7 Å². The fourth-order valence-corrected chi connectivity index (χ4v) is 4.72. The highest BCUT2D eigenvalue weighted by atomic mass is 19.4. The normalized spacial score (nSPS) is 17.8. The molecule has 3 aromatic rings. The number of rotatable bonds is 6. The summed E-state index contributed by atoms with van der Waals surface area (Å²) in [4.78, 5) is 0. The topological polar surface area (TPSA) is 9.23 Å². The van der Waals surface area contributed by atoms with Crippen molar-refractivity contribution in [3.05, 3.63) is 102 Å². The summed E-state index contributed by atoms with van der Waals surface area (Å²) in [7, 11) is 0. The third-order valence-corrected chi connectivity index (χ3v) is 6.67. The Balaban J connectivity index is 1.34. The first-order valence-corrected chi connectivity index (χ1v) is 12.1. The smallest absolute Gasteiger partial charge is 0.406 e. The fraction of sp³-hybridized carbons (Fsp3) is 0.290. The summed E-state index contributed by atoms with van der Waals surface area (Å²) in [6.45, 7) is 3.84. The Hall–Kier alpha value is -3.45. The molecule has 0 bridgehead atoms. The SMILES string of the molecule is C=CCCC1CCC(c2ccc(-c3ccc(C#Cc4ccc(OC(F)(F)F)cc4)cc3)cc2)CC1. The Bertz CT molecular complexity index is 1160. The third-order valence-electron chi connectivity index (χ3n) is 6.67. The van der Waals surface area contributed by atoms with Crippen molar-refractivity contribution in [1.82, 2.24) is 0 Å². The predicted molar refractivity (Wildman–Crippen MR) is 135 cm³/mol. The van der Waals surface area contributed by atoms with Crippen molar-refractivity contribution in [2.45, 2.75) is 50.8 Å². The van der Waals surface area contributed by atoms with E-state index in [1.807, 2.05) is 30.3 Å². The molecule has 1 aliphatic rings. The number of hydrogen-bond acceptors (Lipinski definition) is 1. The molecule has 0 unspecified atom stereocenters. The van der Waals surface area contributed by atoms with Crippen molar-refractivity contribution >= 4 is 0 Å². The van der Waals surface area contributed by atoms with E-state index >= 15 is 0 Å². The Morgan fingerprint density at radius 1 is 0.771 bits per heavy atom. The minimum Gasteiger partial charge on any atom is -0.406 e. The number of halogens is 3. The lowest BCUT2D eigenvalue weighted by Gasteiger charge is -2.28. The molecule has 35 heavy (non-hydrogen) atoms. The van der Waals surface area contributed by atoms with Crippen molar-refractivity contribution in [2.24, 2.45) is 5.92 Å². The first kappa shape index (κ1) is 24.7. The minimum atomic E-state index is -4.69. The predicted octanol–water partition coefficient (Wildman–Crippen LogP) is 8.89. The molecule has 0 aromatic heterocycles. The molecule has 0 atom stereocenters. The van der Waals surface area contributed by atoms with Crippen molar-refractivity contribution in [1.29, 1.82) is 0 Å². The maximum atomic E-state index is 12.3. The van der Waals surface area contributed by atoms with Gasteiger partial charge in [-0.25, -0.2) is 0 Å². The number of hydrogen-bond donors (Lipinski definition) is 0. The number of benzene rings is 3. The molecular weight excluding hydrogens is 445 g/mol. The maximum Gasteiger partial charge on any atom is 0.573 e. The molecule has 0 N–H and O–H groups in total. The molecule has 1 fully saturated rings. The highest BCUT2D eigenvalue weighted by molar-refractivity contribution is 5.65. The van der Waals surface area contributed by atoms with Crippen LogP contribution >= 0.6 is 0 Å². The van der Waals surface area contributed by atoms with Crippen molar-refractivity contribution in [2.75, 3.05) is 0 Å². The summed E-state index contributed by atoms with van der Waals surface area (Å²) in [5, 5.41) is 0. The van der Waals surface area contributed by atoms with Gasteiger partial charge in [0.05, 0.1) is 0 Å². The summed E-state index contributed by atoms with van der Waals surface area (Å²) >= 11 is 0. The molecule has 4 rings (SSSR count). The zero-order valence-electron chi connectivity index (χ0n) is 19.7. The largest absolute Gasteiger partial charge is 0.573 e. The van der Waals surface area contributed by atoms with Gasteiger partial charge in [-0.15, -0.1) is 19.8 Å². The second-order valence-corrected chi connectivity index (χ2v) is 9.11. The minimum absolute atomic E-state index is 0.255. The number of alkyl halides is 3. The van der Waals surface area contributed by atoms with Crippen LogP contribution in [-0.2, 0) is 0 Å². The first-order valence-electron chi connectivity index (χ1n) is 12.1. The second kappa shape index (κ2) is 11.3. The summed E-state index contributed by atoms with van der Waals surface area (Å²) in [6, 6.07) is 22.5. The van der Waals surface area contributed by atoms with E-state index in [2.05, 4.69) is 47.4 Å². The molecule has 0 aliphatic heterocycles. The van der Waals surface area contributed by atoms with Gasteiger partial charge >= 0.3 is 6.36 Å². The zero-order chi connectivity index (χ0) is 24.7. The van der Waals surface area contributed by atoms with Gasteiger partial charge in [0.15, 0.2) is 0 Å². The molecule has 0 heterocycles. The van der Waals surface area contributed by atoms with E-state index in [1.54, 1.807) is 0 Å². The highest BCUT2D eigenvalue weighted by Crippen LogP contribution is 2.38. The monoisotopic (exact) mass is 474 g/mol. The van der Waals surface area contributed by atoms with Crippen LogP contribution in [0.5, 0.6) is 5.75 Å². The van der Waals surface area contributed by atoms with Crippen molar-refractivity contribution in [3.63, 3.8) is 0 Å². The van der Waals surface area contributed by atoms with Gasteiger partial charge < -0.3 is 4.74 Å². The van der Waals surface area contributed by atoms with E-state index in [4.69, 9.17) is 0 Å². The van der Waals surface area contributed by atoms with Gasteiger partial charge in [0, 0.05) is 11.1 Å². The fourth-order valence-electron chi connectivity index (χ4n) is 4.72. The molecule has 180 valence electrons. The Morgan fingerprint density at radius 3 is 1.80 bits per heavy atom. The maximum absolute atomic E-state index is 12.3. The van der Waals surface area contributed by atoms with E-state index < -0.39 is 6.36 Å². The van der Waals surface area contributed by atoms with Crippen LogP contribution in [-0.4, -0.2) is 6.36 Å². The lowest BCUT2D eigenvalue weighted by Crippen LogP contribution is -2.16. The van der Waals surface area contributed by atoms with Crippen LogP contribution in [0.1, 0.15) is 61.1 Å². The molecule has 0 amide bonds. The van der Waals surface area contributed by atoms with Crippen LogP contribution in [0.3, 0.4) is 0 Å². The first-order chi connectivity index (χ1) is 16.9. The van der Waals surface area contributed by atoms with Crippen LogP contribution in [0.4, 0.5) is 13.2 Å². The number of ether oxygens (including phenoxy) is 1. The van der Waals surface area contributed by atoms with Gasteiger partial charge in [0.2, 0.25) is 0 Å². The lowest BCUT2D eigenvalue weighted by atomic mass is 9.77. The van der Waals surface area contributed by atoms with Crippen LogP contribution in [0.15, 0.2) is 85.5 Å². The summed E-state index contributed by atoms with van der Waals surface area (Å²) in [5.41, 5.74) is 5.20. The molecule has 1 nitrogen and oxygen atoms in total. The van der Waals surface area contributed by atoms with Gasteiger partial charge in [-0.05, 0) is 103 Å². The molecule has 1 aliphatic carbocycles. The molecule has 3 aromatic carbocycles. The summed E-state index contributed by atoms with van der Waals surface area (Å²) in [6.07, 6.45) is 4.91. The van der Waals surface area contributed by atoms with Crippen molar-refractivity contribution < 1.29 is 17.9 Å². The molecular formula is C31H29F3O. The zero-order valence-corrected chi connectivity index (χ0v) is 19.7. The Labute approximate surface area is 205 Å². The van der Waals surface area contributed by atoms with Gasteiger partial charge in [0.25, 0.3) is 0 Å². The Morgan fingerprint density at radius 2 is 1.29 bits per heavy atom. The quantitative estimate of drug-likeness (QED) is 0.256. The van der Waals surface area contributed by atoms with E-state index in [9.17, 15) is 13.2 Å². The molecule has 1 saturated carbocycles. The molecule has 4 heteroatoms. The van der Waals surface area contributed by atoms with E-state index in [-0.39, 0.29) is 5.75 Å². The van der Waals surface area contributed by atoms with Gasteiger partial charge in [-0.1, -0.05) is 54.3 Å². The standard InChI is InChI=1S/C31H29F3O/c1-2-3-4-23-7-13-26(14-8-23)28-17-19-29(20-18-28)27-15-9-24(10-16-27)5-6-25-11-21-30(22-12-25)35-31(32,33)34/h2,9-12,15-23,26H,1,3-4,7-8,13-14H2. The van der Waals surface area contributed by atoms with Crippen LogP contribution < -0.4 is 4.74 Å². The molecule has 0 saturated heterocycles. The lowest BCUT2D eigenvalue weighted by molar-refractivity contribution is -0.274. The third kappa shape index (κ3) is 7.26. The van der Waals surface area contributed by atoms with Crippen LogP contribution in [0, 0.1) is 17.8 Å². The molecule has 0 radical (unpaired) electrons. The summed E-state index contributed by atoms with van der Waals surface area (Å²) in [5.74, 6) is 7.30. The van der Waals surface area contributed by atoms with Gasteiger partial charge in [-0.2, -0.15) is 0 Å². The molecule has 0 spiro atoms. The van der Waals surface area contributed by atoms with Crippen LogP contribution in [0.25, 0.3) is 11.1 Å². The average Bonchev–Trinajstić information content (AvgIpc) is 2.87. The van der Waals surface area contributed by atoms with Crippen LogP contribution in [0.2, 0.25) is 0 Å². The summed E-state index contributed by atoms with van der Waals surface area (Å²) < 4.78 is 40.7. The van der Waals surface area contributed by atoms with E-state index in [0.717, 1.165) is 23.5 Å². The second-order valence-electron chi connectivity index (χ2n) is 9.11. The number of allylic oxidation sites excluding steroid dienone is 1. The van der Waals surface area contributed by atoms with Gasteiger partial charge in [-0.3, -0.25) is 0 Å².